The van der Waals surface area contributed by atoms with Gasteiger partial charge in [0.05, 0.1) is 30.3 Å². The predicted molar refractivity (Wildman–Crippen MR) is 124 cm³/mol. The first-order valence-corrected chi connectivity index (χ1v) is 10.2. The van der Waals surface area contributed by atoms with E-state index in [-0.39, 0.29) is 11.1 Å². The summed E-state index contributed by atoms with van der Waals surface area (Å²) in [7, 11) is 0. The number of morpholine rings is 1. The van der Waals surface area contributed by atoms with Gasteiger partial charge in [0.2, 0.25) is 5.43 Å². The van der Waals surface area contributed by atoms with Gasteiger partial charge in [0, 0.05) is 31.0 Å². The van der Waals surface area contributed by atoms with Crippen LogP contribution in [0.15, 0.2) is 82.9 Å². The van der Waals surface area contributed by atoms with E-state index < -0.39 is 0 Å². The van der Waals surface area contributed by atoms with Gasteiger partial charge in [-0.15, -0.1) is 0 Å². The fraction of sp³-hybridized carbons (Fsp3) is 0.208. The molecule has 1 aliphatic heterocycles. The number of allylic oxidation sites excluding steroid dienone is 1. The second-order valence-electron chi connectivity index (χ2n) is 7.24. The van der Waals surface area contributed by atoms with E-state index in [0.29, 0.717) is 5.71 Å². The molecule has 0 radical (unpaired) electrons. The molecule has 0 aliphatic carbocycles. The number of benzene rings is 2. The summed E-state index contributed by atoms with van der Waals surface area (Å²) in [5, 5.41) is 4.59. The number of aryl methyl sites for hydroxylation is 1. The fourth-order valence-corrected chi connectivity index (χ4v) is 3.54. The Hall–Kier alpha value is -3.71. The second kappa shape index (κ2) is 9.40. The Morgan fingerprint density at radius 1 is 1.13 bits per heavy atom. The number of hydrogen-bond acceptors (Lipinski definition) is 6. The monoisotopic (exact) mass is 415 g/mol. The third kappa shape index (κ3) is 4.73. The Morgan fingerprint density at radius 3 is 2.61 bits per heavy atom. The van der Waals surface area contributed by atoms with Gasteiger partial charge in [-0.05, 0) is 55.1 Å². The van der Waals surface area contributed by atoms with Crippen molar-refractivity contribution in [3.63, 3.8) is 0 Å². The molecule has 0 saturated carbocycles. The summed E-state index contributed by atoms with van der Waals surface area (Å²) in [4.78, 5) is 19.5. The third-order valence-corrected chi connectivity index (χ3v) is 5.11. The molecule has 2 heterocycles. The summed E-state index contributed by atoms with van der Waals surface area (Å²) in [5.74, 6) is 0. The molecule has 0 atom stereocenters. The van der Waals surface area contributed by atoms with E-state index in [2.05, 4.69) is 27.1 Å². The average molecular weight is 415 g/mol. The first-order valence-electron chi connectivity index (χ1n) is 10.2. The highest BCUT2D eigenvalue weighted by atomic mass is 16.5. The van der Waals surface area contributed by atoms with Crippen LogP contribution < -0.4 is 16.1 Å². The number of rotatable bonds is 5. The van der Waals surface area contributed by atoms with Gasteiger partial charge in [-0.1, -0.05) is 18.2 Å². The van der Waals surface area contributed by atoms with Crippen molar-refractivity contribution in [2.75, 3.05) is 31.2 Å². The number of anilines is 1. The molecule has 7 nitrogen and oxygen atoms in total. The van der Waals surface area contributed by atoms with Gasteiger partial charge in [-0.2, -0.15) is 5.10 Å². The van der Waals surface area contributed by atoms with Crippen LogP contribution in [-0.4, -0.2) is 41.8 Å². The molecule has 1 aromatic heterocycles. The topological polar surface area (TPSA) is 85.7 Å². The van der Waals surface area contributed by atoms with E-state index in [4.69, 9.17) is 10.5 Å². The molecule has 0 unspecified atom stereocenters. The summed E-state index contributed by atoms with van der Waals surface area (Å²) in [6.07, 6.45) is 4.63. The molecule has 4 rings (SSSR count). The number of nitrogens with zero attached hydrogens (tertiary/aromatic N) is 4. The quantitative estimate of drug-likeness (QED) is 0.648. The zero-order valence-electron chi connectivity index (χ0n) is 17.4. The van der Waals surface area contributed by atoms with Crippen LogP contribution in [0.3, 0.4) is 0 Å². The third-order valence-electron chi connectivity index (χ3n) is 5.11. The predicted octanol–water partition coefficient (Wildman–Crippen LogP) is 2.97. The van der Waals surface area contributed by atoms with Crippen LogP contribution in [-0.2, 0) is 4.74 Å². The minimum absolute atomic E-state index is 0.216. The summed E-state index contributed by atoms with van der Waals surface area (Å²) >= 11 is 0. The molecule has 7 heteroatoms. The van der Waals surface area contributed by atoms with E-state index in [1.807, 2.05) is 43.3 Å². The SMILES string of the molecule is Cc1cc(N2CCOCC2)ccc1-n1ccc(=O)c(C(C=CN)=Nc2ccccc2)n1. The molecule has 1 saturated heterocycles. The molecular weight excluding hydrogens is 390 g/mol. The highest BCUT2D eigenvalue weighted by Crippen LogP contribution is 2.22. The van der Waals surface area contributed by atoms with Gasteiger partial charge in [0.1, 0.15) is 0 Å². The highest BCUT2D eigenvalue weighted by Gasteiger charge is 2.14. The molecule has 0 bridgehead atoms. The maximum atomic E-state index is 12.6. The average Bonchev–Trinajstić information content (AvgIpc) is 2.80. The molecule has 0 amide bonds. The van der Waals surface area contributed by atoms with Crippen LogP contribution >= 0.6 is 0 Å². The lowest BCUT2D eigenvalue weighted by Crippen LogP contribution is -2.36. The first kappa shape index (κ1) is 20.6. The molecule has 2 aromatic carbocycles. The number of hydrogen-bond donors (Lipinski definition) is 1. The lowest BCUT2D eigenvalue weighted by molar-refractivity contribution is 0.122. The van der Waals surface area contributed by atoms with Crippen molar-refractivity contribution >= 4 is 17.1 Å². The largest absolute Gasteiger partial charge is 0.405 e. The van der Waals surface area contributed by atoms with Crippen molar-refractivity contribution in [2.45, 2.75) is 6.92 Å². The van der Waals surface area contributed by atoms with Crippen molar-refractivity contribution in [1.82, 2.24) is 9.78 Å². The lowest BCUT2D eigenvalue weighted by Gasteiger charge is -2.29. The number of para-hydroxylation sites is 1. The molecular formula is C24H25N5O2. The number of nitrogens with two attached hydrogens (primary N) is 1. The zero-order valence-corrected chi connectivity index (χ0v) is 17.4. The maximum Gasteiger partial charge on any atom is 0.209 e. The lowest BCUT2D eigenvalue weighted by atomic mass is 10.1. The Balaban J connectivity index is 1.72. The van der Waals surface area contributed by atoms with Crippen molar-refractivity contribution in [1.29, 1.82) is 0 Å². The molecule has 31 heavy (non-hydrogen) atoms. The molecule has 2 N–H and O–H groups in total. The summed E-state index contributed by atoms with van der Waals surface area (Å²) in [5.41, 5.74) is 9.89. The van der Waals surface area contributed by atoms with Crippen LogP contribution in [0.2, 0.25) is 0 Å². The van der Waals surface area contributed by atoms with Crippen molar-refractivity contribution in [3.8, 4) is 5.69 Å². The van der Waals surface area contributed by atoms with E-state index in [9.17, 15) is 4.79 Å². The van der Waals surface area contributed by atoms with Crippen LogP contribution in [0.1, 0.15) is 11.3 Å². The molecule has 3 aromatic rings. The van der Waals surface area contributed by atoms with Gasteiger partial charge in [-0.3, -0.25) is 4.79 Å². The van der Waals surface area contributed by atoms with Gasteiger partial charge in [0.25, 0.3) is 0 Å². The molecule has 1 fully saturated rings. The van der Waals surface area contributed by atoms with E-state index in [1.54, 1.807) is 17.0 Å². The molecule has 158 valence electrons. The summed E-state index contributed by atoms with van der Waals surface area (Å²) in [6, 6.07) is 17.1. The smallest absolute Gasteiger partial charge is 0.209 e. The van der Waals surface area contributed by atoms with E-state index in [0.717, 1.165) is 48.9 Å². The summed E-state index contributed by atoms with van der Waals surface area (Å²) in [6.45, 7) is 5.28. The van der Waals surface area contributed by atoms with Crippen LogP contribution in [0.5, 0.6) is 0 Å². The first-order chi connectivity index (χ1) is 15.2. The van der Waals surface area contributed by atoms with Crippen LogP contribution in [0, 0.1) is 6.92 Å². The Bertz CT molecular complexity index is 1160. The van der Waals surface area contributed by atoms with Gasteiger partial charge in [0.15, 0.2) is 5.69 Å². The summed E-state index contributed by atoms with van der Waals surface area (Å²) < 4.78 is 7.15. The standard InChI is InChI=1S/C24H25N5O2/c1-18-17-20(28-13-15-31-16-14-28)7-8-22(18)29-12-10-23(30)24(27-29)21(9-11-25)26-19-5-3-2-4-6-19/h2-12,17H,13-16,25H2,1H3. The minimum Gasteiger partial charge on any atom is -0.405 e. The van der Waals surface area contributed by atoms with Gasteiger partial charge < -0.3 is 15.4 Å². The number of aliphatic imine (C=N–C) groups is 1. The van der Waals surface area contributed by atoms with Crippen LogP contribution in [0.4, 0.5) is 11.4 Å². The Morgan fingerprint density at radius 2 is 1.90 bits per heavy atom. The highest BCUT2D eigenvalue weighted by molar-refractivity contribution is 6.08. The van der Waals surface area contributed by atoms with Crippen molar-refractivity contribution in [2.24, 2.45) is 10.7 Å². The van der Waals surface area contributed by atoms with Crippen molar-refractivity contribution < 1.29 is 4.74 Å². The van der Waals surface area contributed by atoms with Crippen LogP contribution in [0.25, 0.3) is 5.69 Å². The van der Waals surface area contributed by atoms with Gasteiger partial charge in [-0.25, -0.2) is 9.67 Å². The normalized spacial score (nSPS) is 14.9. The van der Waals surface area contributed by atoms with E-state index in [1.165, 1.54) is 12.3 Å². The fourth-order valence-electron chi connectivity index (χ4n) is 3.54. The zero-order chi connectivity index (χ0) is 21.6. The number of aromatic nitrogens is 2. The maximum absolute atomic E-state index is 12.6. The second-order valence-corrected chi connectivity index (χ2v) is 7.24. The minimum atomic E-state index is -0.216. The molecule has 0 spiro atoms. The number of ether oxygens (including phenoxy) is 1. The van der Waals surface area contributed by atoms with Crippen molar-refractivity contribution in [3.05, 3.63) is 94.6 Å². The Labute approximate surface area is 181 Å². The Kier molecular flexibility index (Phi) is 6.24. The molecule has 1 aliphatic rings. The van der Waals surface area contributed by atoms with Gasteiger partial charge >= 0.3 is 0 Å². The van der Waals surface area contributed by atoms with E-state index >= 15 is 0 Å².